The van der Waals surface area contributed by atoms with Crippen LogP contribution in [0, 0.1) is 0 Å². The highest BCUT2D eigenvalue weighted by molar-refractivity contribution is 5.86. The minimum Gasteiger partial charge on any atom is -0.462 e. The summed E-state index contributed by atoms with van der Waals surface area (Å²) in [4.78, 5) is 11.1. The van der Waals surface area contributed by atoms with E-state index in [1.165, 1.54) is 25.7 Å². The van der Waals surface area contributed by atoms with Crippen LogP contribution in [0.4, 0.5) is 0 Å². The molecule has 0 aromatic carbocycles. The molecule has 112 valence electrons. The van der Waals surface area contributed by atoms with Crippen LogP contribution in [0.25, 0.3) is 0 Å². The van der Waals surface area contributed by atoms with Crippen LogP contribution in [0.2, 0.25) is 0 Å². The summed E-state index contributed by atoms with van der Waals surface area (Å²) in [7, 11) is 0. The Labute approximate surface area is 118 Å². The summed E-state index contributed by atoms with van der Waals surface area (Å²) in [6.07, 6.45) is 9.30. The lowest BCUT2D eigenvalue weighted by molar-refractivity contribution is -0.139. The number of carbonyl (C=O) groups is 1. The molecule has 19 heavy (non-hydrogen) atoms. The average Bonchev–Trinajstić information content (AvgIpc) is 2.39. The van der Waals surface area contributed by atoms with Crippen LogP contribution in [-0.2, 0) is 14.3 Å². The van der Waals surface area contributed by atoms with Gasteiger partial charge in [-0.05, 0) is 32.6 Å². The highest BCUT2D eigenvalue weighted by atomic mass is 16.5. The molecule has 0 aliphatic rings. The van der Waals surface area contributed by atoms with Gasteiger partial charge in [0, 0.05) is 18.8 Å². The highest BCUT2D eigenvalue weighted by Crippen LogP contribution is 2.03. The molecule has 0 saturated carbocycles. The third kappa shape index (κ3) is 13.4. The predicted molar refractivity (Wildman–Crippen MR) is 79.2 cm³/mol. The van der Waals surface area contributed by atoms with Crippen LogP contribution in [0.5, 0.6) is 0 Å². The zero-order valence-electron chi connectivity index (χ0n) is 12.7. The van der Waals surface area contributed by atoms with E-state index in [-0.39, 0.29) is 5.97 Å². The molecule has 0 aromatic heterocycles. The first kappa shape index (κ1) is 18.2. The molecule has 0 unspecified atom stereocenters. The van der Waals surface area contributed by atoms with E-state index >= 15 is 0 Å². The molecule has 3 heteroatoms. The van der Waals surface area contributed by atoms with Gasteiger partial charge >= 0.3 is 5.97 Å². The lowest BCUT2D eigenvalue weighted by atomic mass is 10.2. The molecule has 0 rings (SSSR count). The minimum atomic E-state index is -0.282. The van der Waals surface area contributed by atoms with Gasteiger partial charge in [0.1, 0.15) is 0 Å². The van der Waals surface area contributed by atoms with E-state index in [1.807, 2.05) is 0 Å². The SMILES string of the molecule is C=C(C)C(=O)OCCCCCCOCCCCCC. The van der Waals surface area contributed by atoms with Crippen molar-refractivity contribution in [3.05, 3.63) is 12.2 Å². The summed E-state index contributed by atoms with van der Waals surface area (Å²) in [5.74, 6) is -0.282. The maximum absolute atomic E-state index is 11.1. The van der Waals surface area contributed by atoms with Crippen molar-refractivity contribution in [2.24, 2.45) is 0 Å². The summed E-state index contributed by atoms with van der Waals surface area (Å²) in [5.41, 5.74) is 0.469. The lowest BCUT2D eigenvalue weighted by Gasteiger charge is -2.05. The van der Waals surface area contributed by atoms with Gasteiger partial charge in [0.15, 0.2) is 0 Å². The highest BCUT2D eigenvalue weighted by Gasteiger charge is 2.01. The van der Waals surface area contributed by atoms with Crippen molar-refractivity contribution in [1.82, 2.24) is 0 Å². The van der Waals surface area contributed by atoms with Crippen LogP contribution in [0.15, 0.2) is 12.2 Å². The number of unbranched alkanes of at least 4 members (excludes halogenated alkanes) is 6. The molecule has 0 N–H and O–H groups in total. The molecule has 0 atom stereocenters. The van der Waals surface area contributed by atoms with Crippen molar-refractivity contribution in [1.29, 1.82) is 0 Å². The smallest absolute Gasteiger partial charge is 0.333 e. The molecule has 0 bridgehead atoms. The van der Waals surface area contributed by atoms with Gasteiger partial charge in [-0.15, -0.1) is 0 Å². The Morgan fingerprint density at radius 3 is 1.95 bits per heavy atom. The van der Waals surface area contributed by atoms with Gasteiger partial charge in [0.05, 0.1) is 6.61 Å². The molecule has 0 aromatic rings. The van der Waals surface area contributed by atoms with E-state index in [0.29, 0.717) is 12.2 Å². The Balaban J connectivity index is 3.07. The van der Waals surface area contributed by atoms with E-state index in [2.05, 4.69) is 13.5 Å². The summed E-state index contributed by atoms with van der Waals surface area (Å²) in [6, 6.07) is 0. The number of hydrogen-bond acceptors (Lipinski definition) is 3. The fourth-order valence-corrected chi connectivity index (χ4v) is 1.68. The molecule has 0 fully saturated rings. The van der Waals surface area contributed by atoms with E-state index in [9.17, 15) is 4.79 Å². The van der Waals surface area contributed by atoms with Crippen molar-refractivity contribution in [2.75, 3.05) is 19.8 Å². The molecule has 0 aliphatic heterocycles. The van der Waals surface area contributed by atoms with Gasteiger partial charge in [-0.25, -0.2) is 4.79 Å². The Kier molecular flexibility index (Phi) is 13.0. The molecule has 3 nitrogen and oxygen atoms in total. The zero-order valence-corrected chi connectivity index (χ0v) is 12.7. The summed E-state index contributed by atoms with van der Waals surface area (Å²) in [6.45, 7) is 9.68. The number of hydrogen-bond donors (Lipinski definition) is 0. The maximum Gasteiger partial charge on any atom is 0.333 e. The van der Waals surface area contributed by atoms with E-state index < -0.39 is 0 Å². The number of carbonyl (C=O) groups excluding carboxylic acids is 1. The molecule has 0 saturated heterocycles. The van der Waals surface area contributed by atoms with Gasteiger partial charge in [-0.3, -0.25) is 0 Å². The molecule has 0 amide bonds. The molecule has 0 radical (unpaired) electrons. The quantitative estimate of drug-likeness (QED) is 0.285. The van der Waals surface area contributed by atoms with Gasteiger partial charge in [0.25, 0.3) is 0 Å². The third-order valence-corrected chi connectivity index (χ3v) is 2.91. The first-order valence-corrected chi connectivity index (χ1v) is 7.58. The second kappa shape index (κ2) is 13.6. The Morgan fingerprint density at radius 1 is 0.895 bits per heavy atom. The molecular weight excluding hydrogens is 240 g/mol. The molecule has 0 spiro atoms. The Hall–Kier alpha value is -0.830. The molecule has 0 heterocycles. The third-order valence-electron chi connectivity index (χ3n) is 2.91. The number of rotatable bonds is 13. The van der Waals surface area contributed by atoms with Crippen molar-refractivity contribution < 1.29 is 14.3 Å². The zero-order chi connectivity index (χ0) is 14.3. The summed E-state index contributed by atoms with van der Waals surface area (Å²) >= 11 is 0. The first-order chi connectivity index (χ1) is 9.18. The van der Waals surface area contributed by atoms with E-state index in [4.69, 9.17) is 9.47 Å². The van der Waals surface area contributed by atoms with Gasteiger partial charge in [0.2, 0.25) is 0 Å². The number of esters is 1. The normalized spacial score (nSPS) is 10.4. The summed E-state index contributed by atoms with van der Waals surface area (Å²) < 4.78 is 10.6. The lowest BCUT2D eigenvalue weighted by Crippen LogP contribution is -2.06. The second-order valence-electron chi connectivity index (χ2n) is 5.00. The van der Waals surface area contributed by atoms with Crippen LogP contribution >= 0.6 is 0 Å². The first-order valence-electron chi connectivity index (χ1n) is 7.58. The van der Waals surface area contributed by atoms with Crippen LogP contribution in [-0.4, -0.2) is 25.8 Å². The topological polar surface area (TPSA) is 35.5 Å². The van der Waals surface area contributed by atoms with Gasteiger partial charge in [-0.2, -0.15) is 0 Å². The average molecular weight is 270 g/mol. The van der Waals surface area contributed by atoms with Crippen molar-refractivity contribution in [2.45, 2.75) is 65.2 Å². The summed E-state index contributed by atoms with van der Waals surface area (Å²) in [5, 5.41) is 0. The fraction of sp³-hybridized carbons (Fsp3) is 0.812. The second-order valence-corrected chi connectivity index (χ2v) is 5.00. The number of ether oxygens (including phenoxy) is 2. The van der Waals surface area contributed by atoms with Crippen molar-refractivity contribution >= 4 is 5.97 Å². The largest absolute Gasteiger partial charge is 0.462 e. The Morgan fingerprint density at radius 2 is 1.42 bits per heavy atom. The molecular formula is C16H30O3. The van der Waals surface area contributed by atoms with Crippen LogP contribution in [0.3, 0.4) is 0 Å². The van der Waals surface area contributed by atoms with Crippen molar-refractivity contribution in [3.63, 3.8) is 0 Å². The van der Waals surface area contributed by atoms with Gasteiger partial charge < -0.3 is 9.47 Å². The molecule has 0 aliphatic carbocycles. The fourth-order valence-electron chi connectivity index (χ4n) is 1.68. The predicted octanol–water partition coefficient (Wildman–Crippen LogP) is 4.26. The van der Waals surface area contributed by atoms with Crippen molar-refractivity contribution in [3.8, 4) is 0 Å². The van der Waals surface area contributed by atoms with E-state index in [1.54, 1.807) is 6.92 Å². The van der Waals surface area contributed by atoms with Crippen LogP contribution in [0.1, 0.15) is 65.2 Å². The maximum atomic E-state index is 11.1. The van der Waals surface area contributed by atoms with E-state index in [0.717, 1.165) is 38.9 Å². The standard InChI is InChI=1S/C16H30O3/c1-4-5-6-9-12-18-13-10-7-8-11-14-19-16(17)15(2)3/h2,4-14H2,1,3H3. The van der Waals surface area contributed by atoms with Gasteiger partial charge in [-0.1, -0.05) is 39.2 Å². The minimum absolute atomic E-state index is 0.282. The van der Waals surface area contributed by atoms with Crippen LogP contribution < -0.4 is 0 Å². The Bertz CT molecular complexity index is 236. The monoisotopic (exact) mass is 270 g/mol.